The third-order valence-corrected chi connectivity index (χ3v) is 8.66. The molecule has 2 aliphatic carbocycles. The lowest BCUT2D eigenvalue weighted by Gasteiger charge is -2.23. The van der Waals surface area contributed by atoms with E-state index in [2.05, 4.69) is 5.32 Å². The molecular formula is C21H27N3O5S. The summed E-state index contributed by atoms with van der Waals surface area (Å²) in [5, 5.41) is 3.15. The van der Waals surface area contributed by atoms with Crippen molar-refractivity contribution >= 4 is 21.8 Å². The van der Waals surface area contributed by atoms with Gasteiger partial charge in [-0.15, -0.1) is 0 Å². The zero-order valence-corrected chi connectivity index (χ0v) is 17.9. The van der Waals surface area contributed by atoms with E-state index in [4.69, 9.17) is 4.74 Å². The third-order valence-electron chi connectivity index (χ3n) is 6.88. The Kier molecular flexibility index (Phi) is 4.59. The van der Waals surface area contributed by atoms with Crippen LogP contribution in [0.3, 0.4) is 0 Å². The zero-order chi connectivity index (χ0) is 21.1. The van der Waals surface area contributed by atoms with Crippen LogP contribution in [0.15, 0.2) is 24.3 Å². The molecule has 9 heteroatoms. The lowest BCUT2D eigenvalue weighted by atomic mass is 9.94. The van der Waals surface area contributed by atoms with Crippen molar-refractivity contribution in [2.24, 2.45) is 0 Å². The fraction of sp³-hybridized carbons (Fsp3) is 0.619. The van der Waals surface area contributed by atoms with Gasteiger partial charge in [0.1, 0.15) is 5.75 Å². The first-order valence-corrected chi connectivity index (χ1v) is 12.2. The quantitative estimate of drug-likeness (QED) is 0.731. The maximum atomic E-state index is 13.1. The van der Waals surface area contributed by atoms with Gasteiger partial charge in [0.2, 0.25) is 15.9 Å². The number of hydrogen-bond acceptors (Lipinski definition) is 6. The average Bonchev–Trinajstić information content (AvgIpc) is 3.64. The highest BCUT2D eigenvalue weighted by atomic mass is 32.2. The minimum absolute atomic E-state index is 0.00514. The Morgan fingerprint density at radius 3 is 2.50 bits per heavy atom. The minimum atomic E-state index is -3.54. The summed E-state index contributed by atoms with van der Waals surface area (Å²) in [5.74, 6) is 0.396. The minimum Gasteiger partial charge on any atom is -0.497 e. The van der Waals surface area contributed by atoms with E-state index in [-0.39, 0.29) is 29.7 Å². The van der Waals surface area contributed by atoms with E-state index in [0.29, 0.717) is 19.5 Å². The summed E-state index contributed by atoms with van der Waals surface area (Å²) in [6, 6.07) is 6.83. The monoisotopic (exact) mass is 433 g/mol. The van der Waals surface area contributed by atoms with Gasteiger partial charge in [-0.25, -0.2) is 12.7 Å². The molecule has 2 amide bonds. The summed E-state index contributed by atoms with van der Waals surface area (Å²) in [5.41, 5.74) is 0.482. The highest BCUT2D eigenvalue weighted by Crippen LogP contribution is 2.49. The van der Waals surface area contributed by atoms with Gasteiger partial charge in [0, 0.05) is 25.2 Å². The van der Waals surface area contributed by atoms with E-state index < -0.39 is 21.5 Å². The maximum Gasteiger partial charge on any atom is 0.253 e. The second-order valence-electron chi connectivity index (χ2n) is 8.91. The highest BCUT2D eigenvalue weighted by molar-refractivity contribution is 7.89. The van der Waals surface area contributed by atoms with Gasteiger partial charge in [0.15, 0.2) is 0 Å². The third kappa shape index (κ3) is 3.28. The molecule has 2 saturated carbocycles. The summed E-state index contributed by atoms with van der Waals surface area (Å²) in [4.78, 5) is 28.1. The van der Waals surface area contributed by atoms with Crippen LogP contribution in [0.1, 0.15) is 37.7 Å². The molecule has 0 spiro atoms. The molecule has 1 aromatic carbocycles. The summed E-state index contributed by atoms with van der Waals surface area (Å²) in [7, 11) is -1.93. The number of methoxy groups -OCH3 is 1. The highest BCUT2D eigenvalue weighted by Gasteiger charge is 2.53. The number of hydrogen-bond donors (Lipinski definition) is 1. The summed E-state index contributed by atoms with van der Waals surface area (Å²) >= 11 is 0. The molecule has 0 unspecified atom stereocenters. The van der Waals surface area contributed by atoms with Gasteiger partial charge in [0.05, 0.1) is 24.3 Å². The molecule has 0 aromatic heterocycles. The molecule has 0 bridgehead atoms. The number of sulfonamides is 1. The smallest absolute Gasteiger partial charge is 0.253 e. The molecule has 8 nitrogen and oxygen atoms in total. The van der Waals surface area contributed by atoms with Crippen molar-refractivity contribution in [3.8, 4) is 5.75 Å². The number of carbonyl (C=O) groups excluding carboxylic acids is 2. The van der Waals surface area contributed by atoms with Gasteiger partial charge in [-0.2, -0.15) is 0 Å². The molecule has 4 fully saturated rings. The number of ether oxygens (including phenoxy) is 1. The first kappa shape index (κ1) is 19.8. The molecular weight excluding hydrogens is 406 g/mol. The molecule has 5 rings (SSSR count). The van der Waals surface area contributed by atoms with Crippen LogP contribution in [-0.4, -0.2) is 73.5 Å². The zero-order valence-electron chi connectivity index (χ0n) is 17.0. The summed E-state index contributed by atoms with van der Waals surface area (Å²) in [6.45, 7) is 0.840. The van der Waals surface area contributed by atoms with Crippen LogP contribution in [0.4, 0.5) is 0 Å². The summed E-state index contributed by atoms with van der Waals surface area (Å²) in [6.07, 6.45) is 3.57. The summed E-state index contributed by atoms with van der Waals surface area (Å²) < 4.78 is 31.4. The van der Waals surface area contributed by atoms with Gasteiger partial charge < -0.3 is 10.1 Å². The van der Waals surface area contributed by atoms with Crippen molar-refractivity contribution < 1.29 is 22.7 Å². The first-order valence-electron chi connectivity index (χ1n) is 10.6. The van der Waals surface area contributed by atoms with Crippen molar-refractivity contribution in [2.45, 2.75) is 55.6 Å². The van der Waals surface area contributed by atoms with Crippen LogP contribution >= 0.6 is 0 Å². The fourth-order valence-electron chi connectivity index (χ4n) is 4.85. The van der Waals surface area contributed by atoms with Crippen LogP contribution < -0.4 is 10.1 Å². The maximum absolute atomic E-state index is 13.1. The van der Waals surface area contributed by atoms with E-state index in [0.717, 1.165) is 41.3 Å². The first-order chi connectivity index (χ1) is 14.3. The van der Waals surface area contributed by atoms with Crippen molar-refractivity contribution in [2.75, 3.05) is 26.0 Å². The van der Waals surface area contributed by atoms with Gasteiger partial charge in [-0.05, 0) is 49.8 Å². The lowest BCUT2D eigenvalue weighted by molar-refractivity contribution is -0.131. The lowest BCUT2D eigenvalue weighted by Crippen LogP contribution is -2.45. The van der Waals surface area contributed by atoms with E-state index in [1.165, 1.54) is 0 Å². The molecule has 4 aliphatic rings. The molecule has 2 saturated heterocycles. The molecule has 1 N–H and O–H groups in total. The largest absolute Gasteiger partial charge is 0.497 e. The second kappa shape index (κ2) is 6.95. The Morgan fingerprint density at radius 1 is 1.20 bits per heavy atom. The SMILES string of the molecule is COc1ccc(C2(C(=O)N[C@H]3C[C@H]4C(=O)N(C5CC5)S(=O)(=O)CCN4C3)CC2)cc1. The Bertz CT molecular complexity index is 969. The van der Waals surface area contributed by atoms with Crippen molar-refractivity contribution in [1.29, 1.82) is 0 Å². The van der Waals surface area contributed by atoms with Crippen molar-refractivity contribution in [3.63, 3.8) is 0 Å². The number of carbonyl (C=O) groups is 2. The van der Waals surface area contributed by atoms with E-state index in [1.54, 1.807) is 7.11 Å². The van der Waals surface area contributed by atoms with Gasteiger partial charge in [-0.3, -0.25) is 14.5 Å². The molecule has 1 aromatic rings. The number of nitrogens with one attached hydrogen (secondary N) is 1. The second-order valence-corrected chi connectivity index (χ2v) is 10.9. The predicted octanol–water partition coefficient (Wildman–Crippen LogP) is 0.620. The number of benzene rings is 1. The molecule has 0 radical (unpaired) electrons. The topological polar surface area (TPSA) is 96.0 Å². The number of nitrogens with zero attached hydrogens (tertiary/aromatic N) is 2. The number of amides is 2. The molecule has 2 aliphatic heterocycles. The van der Waals surface area contributed by atoms with Gasteiger partial charge in [0.25, 0.3) is 5.91 Å². The molecule has 162 valence electrons. The van der Waals surface area contributed by atoms with E-state index in [1.807, 2.05) is 29.2 Å². The van der Waals surface area contributed by atoms with Crippen LogP contribution in [0.25, 0.3) is 0 Å². The van der Waals surface area contributed by atoms with Gasteiger partial charge in [-0.1, -0.05) is 12.1 Å². The van der Waals surface area contributed by atoms with Gasteiger partial charge >= 0.3 is 0 Å². The molecule has 30 heavy (non-hydrogen) atoms. The molecule has 2 heterocycles. The standard InChI is InChI=1S/C21H27N3O5S/c1-29-17-6-2-14(3-7-17)21(8-9-21)20(26)22-15-12-18-19(25)24(16-4-5-16)30(27,28)11-10-23(18)13-15/h2-3,6-7,15-16,18H,4-5,8-13H2,1H3,(H,22,26)/t15-,18-/m0/s1. The van der Waals surface area contributed by atoms with Crippen LogP contribution in [0.2, 0.25) is 0 Å². The average molecular weight is 434 g/mol. The van der Waals surface area contributed by atoms with Crippen LogP contribution in [0.5, 0.6) is 5.75 Å². The normalized spacial score (nSPS) is 29.8. The van der Waals surface area contributed by atoms with E-state index >= 15 is 0 Å². The van der Waals surface area contributed by atoms with Crippen LogP contribution in [0, 0.1) is 0 Å². The fourth-order valence-corrected chi connectivity index (χ4v) is 6.57. The Morgan fingerprint density at radius 2 is 1.90 bits per heavy atom. The Hall–Kier alpha value is -2.13. The Labute approximate surface area is 176 Å². The predicted molar refractivity (Wildman–Crippen MR) is 109 cm³/mol. The molecule has 2 atom stereocenters. The number of rotatable bonds is 5. The number of fused-ring (bicyclic) bond motifs is 1. The van der Waals surface area contributed by atoms with Crippen molar-refractivity contribution in [1.82, 2.24) is 14.5 Å². The van der Waals surface area contributed by atoms with Crippen molar-refractivity contribution in [3.05, 3.63) is 29.8 Å². The van der Waals surface area contributed by atoms with E-state index in [9.17, 15) is 18.0 Å². The Balaban J connectivity index is 1.28. The van der Waals surface area contributed by atoms with Crippen LogP contribution in [-0.2, 0) is 25.0 Å².